The second kappa shape index (κ2) is 10.0. The van der Waals surface area contributed by atoms with Crippen molar-refractivity contribution in [1.29, 1.82) is 0 Å². The number of anilines is 1. The van der Waals surface area contributed by atoms with Crippen LogP contribution in [0.25, 0.3) is 0 Å². The second-order valence-corrected chi connectivity index (χ2v) is 11.3. The van der Waals surface area contributed by atoms with E-state index in [0.717, 1.165) is 5.56 Å². The van der Waals surface area contributed by atoms with Crippen molar-refractivity contribution in [2.24, 2.45) is 5.92 Å². The van der Waals surface area contributed by atoms with Crippen molar-refractivity contribution in [2.45, 2.75) is 51.5 Å². The van der Waals surface area contributed by atoms with Gasteiger partial charge >= 0.3 is 5.97 Å². The van der Waals surface area contributed by atoms with E-state index in [1.807, 2.05) is 19.2 Å². The zero-order valence-corrected chi connectivity index (χ0v) is 21.0. The van der Waals surface area contributed by atoms with Gasteiger partial charge in [0, 0.05) is 11.1 Å². The van der Waals surface area contributed by atoms with Crippen LogP contribution in [0.1, 0.15) is 60.9 Å². The molecular weight excluding hydrogens is 452 g/mol. The van der Waals surface area contributed by atoms with Crippen LogP contribution in [0.15, 0.2) is 28.5 Å². The maximum absolute atomic E-state index is 13.0. The number of hydrogen-bond donors (Lipinski definition) is 2. The van der Waals surface area contributed by atoms with Crippen LogP contribution in [0, 0.1) is 5.92 Å². The number of benzene rings is 1. The number of carbonyl (C=O) groups is 2. The van der Waals surface area contributed by atoms with Gasteiger partial charge in [-0.15, -0.1) is 11.3 Å². The third-order valence-corrected chi connectivity index (χ3v) is 6.99. The minimum Gasteiger partial charge on any atom is -0.495 e. The molecule has 32 heavy (non-hydrogen) atoms. The van der Waals surface area contributed by atoms with Gasteiger partial charge in [-0.25, -0.2) is 17.9 Å². The summed E-state index contributed by atoms with van der Waals surface area (Å²) >= 11 is 1.22. The second-order valence-electron chi connectivity index (χ2n) is 8.73. The van der Waals surface area contributed by atoms with E-state index in [4.69, 9.17) is 9.47 Å². The van der Waals surface area contributed by atoms with Crippen molar-refractivity contribution < 1.29 is 27.5 Å². The maximum Gasteiger partial charge on any atom is 0.341 e. The lowest BCUT2D eigenvalue weighted by Crippen LogP contribution is -2.40. The van der Waals surface area contributed by atoms with E-state index in [0.29, 0.717) is 22.9 Å². The number of methoxy groups -OCH3 is 2. The highest BCUT2D eigenvalue weighted by Gasteiger charge is 2.27. The SMILES string of the molecule is COC(=O)c1c(CC(C)C)csc1NC(=O)c1ccc(OC)c(S(=O)(=O)NC(C)(C)C)c1. The Bertz CT molecular complexity index is 1100. The summed E-state index contributed by atoms with van der Waals surface area (Å²) in [7, 11) is -1.31. The summed E-state index contributed by atoms with van der Waals surface area (Å²) in [6.07, 6.45) is 0.653. The lowest BCUT2D eigenvalue weighted by atomic mass is 10.0. The normalized spacial score (nSPS) is 12.0. The molecule has 0 saturated heterocycles. The summed E-state index contributed by atoms with van der Waals surface area (Å²) in [4.78, 5) is 25.2. The van der Waals surface area contributed by atoms with E-state index >= 15 is 0 Å². The first-order chi connectivity index (χ1) is 14.8. The molecule has 8 nitrogen and oxygen atoms in total. The van der Waals surface area contributed by atoms with Gasteiger partial charge in [-0.1, -0.05) is 13.8 Å². The zero-order chi connectivity index (χ0) is 24.3. The molecule has 0 unspecified atom stereocenters. The molecule has 2 rings (SSSR count). The highest BCUT2D eigenvalue weighted by atomic mass is 32.2. The van der Waals surface area contributed by atoms with Gasteiger partial charge in [-0.05, 0) is 62.3 Å². The minimum absolute atomic E-state index is 0.106. The van der Waals surface area contributed by atoms with Gasteiger partial charge in [0.05, 0.1) is 19.8 Å². The maximum atomic E-state index is 13.0. The third-order valence-electron chi connectivity index (χ3n) is 4.27. The molecule has 176 valence electrons. The Morgan fingerprint density at radius 3 is 2.34 bits per heavy atom. The quantitative estimate of drug-likeness (QED) is 0.549. The summed E-state index contributed by atoms with van der Waals surface area (Å²) in [5, 5.41) is 4.89. The van der Waals surface area contributed by atoms with E-state index in [1.54, 1.807) is 20.8 Å². The molecule has 0 fully saturated rings. The first-order valence-corrected chi connectivity index (χ1v) is 12.4. The average molecular weight is 483 g/mol. The number of carbonyl (C=O) groups excluding carboxylic acids is 2. The van der Waals surface area contributed by atoms with Crippen LogP contribution in [0.4, 0.5) is 5.00 Å². The Balaban J connectivity index is 2.43. The molecule has 2 aromatic rings. The molecule has 0 radical (unpaired) electrons. The van der Waals surface area contributed by atoms with Crippen molar-refractivity contribution in [2.75, 3.05) is 19.5 Å². The molecule has 0 aliphatic carbocycles. The summed E-state index contributed by atoms with van der Waals surface area (Å²) in [6, 6.07) is 4.14. The molecule has 0 aliphatic rings. The summed E-state index contributed by atoms with van der Waals surface area (Å²) < 4.78 is 38.4. The number of rotatable bonds is 8. The molecular formula is C22H30N2O6S2. The Labute approximate surface area is 193 Å². The summed E-state index contributed by atoms with van der Waals surface area (Å²) in [6.45, 7) is 9.21. The van der Waals surface area contributed by atoms with Crippen molar-refractivity contribution in [3.05, 3.63) is 40.3 Å². The van der Waals surface area contributed by atoms with Crippen molar-refractivity contribution in [1.82, 2.24) is 4.72 Å². The van der Waals surface area contributed by atoms with Crippen LogP contribution in [0.5, 0.6) is 5.75 Å². The number of amides is 1. The average Bonchev–Trinajstić information content (AvgIpc) is 3.06. The fourth-order valence-electron chi connectivity index (χ4n) is 3.06. The molecule has 2 N–H and O–H groups in total. The molecule has 1 amide bonds. The molecule has 0 aliphatic heterocycles. The molecule has 0 bridgehead atoms. The van der Waals surface area contributed by atoms with E-state index in [9.17, 15) is 18.0 Å². The van der Waals surface area contributed by atoms with Crippen molar-refractivity contribution >= 4 is 38.2 Å². The predicted molar refractivity (Wildman–Crippen MR) is 125 cm³/mol. The molecule has 0 atom stereocenters. The minimum atomic E-state index is -3.95. The van der Waals surface area contributed by atoms with Crippen LogP contribution >= 0.6 is 11.3 Å². The highest BCUT2D eigenvalue weighted by Crippen LogP contribution is 2.32. The first-order valence-electron chi connectivity index (χ1n) is 10.0. The van der Waals surface area contributed by atoms with Gasteiger partial charge in [0.1, 0.15) is 15.6 Å². The highest BCUT2D eigenvalue weighted by molar-refractivity contribution is 7.89. The molecule has 10 heteroatoms. The monoisotopic (exact) mass is 482 g/mol. The fourth-order valence-corrected chi connectivity index (χ4v) is 5.64. The van der Waals surface area contributed by atoms with E-state index in [-0.39, 0.29) is 16.2 Å². The predicted octanol–water partition coefficient (Wildman–Crippen LogP) is 4.07. The van der Waals surface area contributed by atoms with Crippen LogP contribution in [0.2, 0.25) is 0 Å². The van der Waals surface area contributed by atoms with Gasteiger partial charge in [0.2, 0.25) is 10.0 Å². The Morgan fingerprint density at radius 1 is 1.16 bits per heavy atom. The van der Waals surface area contributed by atoms with Crippen LogP contribution in [-0.2, 0) is 21.2 Å². The number of sulfonamides is 1. The lowest BCUT2D eigenvalue weighted by Gasteiger charge is -2.21. The van der Waals surface area contributed by atoms with Gasteiger partial charge in [-0.2, -0.15) is 0 Å². The first kappa shape index (κ1) is 25.8. The van der Waals surface area contributed by atoms with Crippen molar-refractivity contribution in [3.8, 4) is 5.75 Å². The van der Waals surface area contributed by atoms with Crippen LogP contribution in [0.3, 0.4) is 0 Å². The Hall–Kier alpha value is -2.43. The van der Waals surface area contributed by atoms with Gasteiger partial charge in [0.25, 0.3) is 5.91 Å². The largest absolute Gasteiger partial charge is 0.495 e. The fraction of sp³-hybridized carbons (Fsp3) is 0.455. The van der Waals surface area contributed by atoms with Crippen molar-refractivity contribution in [3.63, 3.8) is 0 Å². The van der Waals surface area contributed by atoms with E-state index < -0.39 is 27.4 Å². The number of esters is 1. The number of thiophene rings is 1. The molecule has 1 aromatic carbocycles. The number of nitrogens with one attached hydrogen (secondary N) is 2. The van der Waals surface area contributed by atoms with Gasteiger partial charge in [0.15, 0.2) is 0 Å². The molecule has 1 aromatic heterocycles. The Morgan fingerprint density at radius 2 is 1.81 bits per heavy atom. The summed E-state index contributed by atoms with van der Waals surface area (Å²) in [5.41, 5.74) is 0.492. The van der Waals surface area contributed by atoms with Crippen LogP contribution in [-0.4, -0.2) is 40.1 Å². The van der Waals surface area contributed by atoms with Crippen LogP contribution < -0.4 is 14.8 Å². The lowest BCUT2D eigenvalue weighted by molar-refractivity contribution is 0.0601. The van der Waals surface area contributed by atoms with E-state index in [1.165, 1.54) is 43.8 Å². The molecule has 0 saturated carbocycles. The Kier molecular flexibility index (Phi) is 8.08. The smallest absolute Gasteiger partial charge is 0.341 e. The molecule has 0 spiro atoms. The number of hydrogen-bond acceptors (Lipinski definition) is 7. The van der Waals surface area contributed by atoms with Gasteiger partial charge < -0.3 is 14.8 Å². The third kappa shape index (κ3) is 6.30. The zero-order valence-electron chi connectivity index (χ0n) is 19.4. The number of ether oxygens (including phenoxy) is 2. The topological polar surface area (TPSA) is 111 Å². The van der Waals surface area contributed by atoms with Gasteiger partial charge in [-0.3, -0.25) is 4.79 Å². The molecule has 1 heterocycles. The summed E-state index contributed by atoms with van der Waals surface area (Å²) in [5.74, 6) is -0.669. The van der Waals surface area contributed by atoms with E-state index in [2.05, 4.69) is 10.0 Å². The standard InChI is InChI=1S/C22H30N2O6S2/c1-13(2)10-15-12-31-20(18(15)21(26)30-7)23-19(25)14-8-9-16(29-6)17(11-14)32(27,28)24-22(3,4)5/h8-9,11-13,24H,10H2,1-7H3,(H,23,25).